The van der Waals surface area contributed by atoms with Gasteiger partial charge in [0.25, 0.3) is 0 Å². The highest BCUT2D eigenvalue weighted by Gasteiger charge is 2.32. The second kappa shape index (κ2) is 5.21. The van der Waals surface area contributed by atoms with Crippen molar-refractivity contribution in [2.75, 3.05) is 25.9 Å². The molecule has 1 unspecified atom stereocenters. The molecule has 1 heterocycles. The van der Waals surface area contributed by atoms with Crippen molar-refractivity contribution >= 4 is 11.6 Å². The molecule has 4 heteroatoms. The van der Waals surface area contributed by atoms with Gasteiger partial charge in [0.1, 0.15) is 0 Å². The molecule has 1 atom stereocenters. The molecule has 1 saturated heterocycles. The van der Waals surface area contributed by atoms with Crippen LogP contribution in [-0.2, 0) is 10.2 Å². The van der Waals surface area contributed by atoms with E-state index in [-0.39, 0.29) is 11.9 Å². The molecule has 1 aliphatic rings. The van der Waals surface area contributed by atoms with Crippen LogP contribution in [0.4, 0.5) is 5.69 Å². The van der Waals surface area contributed by atoms with Gasteiger partial charge in [0, 0.05) is 18.3 Å². The Morgan fingerprint density at radius 1 is 1.37 bits per heavy atom. The summed E-state index contributed by atoms with van der Waals surface area (Å²) in [6.07, 6.45) is 1.03. The minimum absolute atomic E-state index is 0.0811. The second-order valence-electron chi connectivity index (χ2n) is 5.97. The van der Waals surface area contributed by atoms with Crippen molar-refractivity contribution in [2.24, 2.45) is 0 Å². The summed E-state index contributed by atoms with van der Waals surface area (Å²) in [6, 6.07) is 7.80. The first-order valence-electron chi connectivity index (χ1n) is 6.75. The molecule has 1 aliphatic heterocycles. The van der Waals surface area contributed by atoms with E-state index in [1.807, 2.05) is 38.1 Å². The summed E-state index contributed by atoms with van der Waals surface area (Å²) in [4.78, 5) is 14.7. The van der Waals surface area contributed by atoms with Crippen LogP contribution < -0.4 is 11.1 Å². The first kappa shape index (κ1) is 13.9. The van der Waals surface area contributed by atoms with Gasteiger partial charge in [0.15, 0.2) is 0 Å². The topological polar surface area (TPSA) is 58.4 Å². The number of nitrogens with two attached hydrogens (primary N) is 1. The van der Waals surface area contributed by atoms with E-state index in [2.05, 4.69) is 17.3 Å². The summed E-state index contributed by atoms with van der Waals surface area (Å²) in [5.41, 5.74) is 6.87. The number of nitrogen functional groups attached to an aromatic ring is 1. The van der Waals surface area contributed by atoms with Gasteiger partial charge in [-0.25, -0.2) is 0 Å². The molecule has 0 aliphatic carbocycles. The van der Waals surface area contributed by atoms with Gasteiger partial charge in [-0.2, -0.15) is 0 Å². The third-order valence-corrected chi connectivity index (χ3v) is 3.93. The summed E-state index contributed by atoms with van der Waals surface area (Å²) in [7, 11) is 2.08. The molecule has 0 aromatic heterocycles. The van der Waals surface area contributed by atoms with Crippen molar-refractivity contribution in [1.82, 2.24) is 10.2 Å². The third-order valence-electron chi connectivity index (χ3n) is 3.93. The summed E-state index contributed by atoms with van der Waals surface area (Å²) < 4.78 is 0. The Bertz CT molecular complexity index is 453. The molecular formula is C15H23N3O. The fourth-order valence-electron chi connectivity index (χ4n) is 2.45. The van der Waals surface area contributed by atoms with Crippen LogP contribution in [0.1, 0.15) is 25.8 Å². The standard InChI is InChI=1S/C15H23N3O/c1-15(2,11-4-6-12(16)7-5-11)14(19)17-13-8-9-18(3)10-13/h4-7,13H,8-10,16H2,1-3H3,(H,17,19). The zero-order valence-corrected chi connectivity index (χ0v) is 11.9. The Hall–Kier alpha value is -1.55. The molecule has 104 valence electrons. The predicted octanol–water partition coefficient (Wildman–Crippen LogP) is 1.37. The van der Waals surface area contributed by atoms with E-state index in [9.17, 15) is 4.79 Å². The zero-order valence-electron chi connectivity index (χ0n) is 11.9. The average molecular weight is 261 g/mol. The van der Waals surface area contributed by atoms with E-state index < -0.39 is 5.41 Å². The lowest BCUT2D eigenvalue weighted by Crippen LogP contribution is -2.46. The van der Waals surface area contributed by atoms with Gasteiger partial charge in [0.2, 0.25) is 5.91 Å². The number of rotatable bonds is 3. The first-order chi connectivity index (χ1) is 8.89. The van der Waals surface area contributed by atoms with Gasteiger partial charge in [-0.05, 0) is 51.6 Å². The smallest absolute Gasteiger partial charge is 0.230 e. The lowest BCUT2D eigenvalue weighted by atomic mass is 9.83. The lowest BCUT2D eigenvalue weighted by Gasteiger charge is -2.26. The van der Waals surface area contributed by atoms with Gasteiger partial charge in [0.05, 0.1) is 5.41 Å². The maximum atomic E-state index is 12.5. The summed E-state index contributed by atoms with van der Waals surface area (Å²) in [6.45, 7) is 5.88. The number of likely N-dealkylation sites (tertiary alicyclic amines) is 1. The quantitative estimate of drug-likeness (QED) is 0.808. The van der Waals surface area contributed by atoms with Crippen LogP contribution in [-0.4, -0.2) is 37.0 Å². The van der Waals surface area contributed by atoms with Crippen LogP contribution >= 0.6 is 0 Å². The van der Waals surface area contributed by atoms with E-state index in [1.165, 1.54) is 0 Å². The molecule has 1 aromatic carbocycles. The van der Waals surface area contributed by atoms with Crippen LogP contribution in [0.2, 0.25) is 0 Å². The van der Waals surface area contributed by atoms with E-state index in [1.54, 1.807) is 0 Å². The summed E-state index contributed by atoms with van der Waals surface area (Å²) in [5, 5.41) is 3.15. The molecule has 1 fully saturated rings. The van der Waals surface area contributed by atoms with Crippen LogP contribution in [0, 0.1) is 0 Å². The van der Waals surface area contributed by atoms with Crippen molar-refractivity contribution in [3.63, 3.8) is 0 Å². The Morgan fingerprint density at radius 3 is 2.53 bits per heavy atom. The van der Waals surface area contributed by atoms with Crippen molar-refractivity contribution in [2.45, 2.75) is 31.7 Å². The highest BCUT2D eigenvalue weighted by atomic mass is 16.2. The minimum Gasteiger partial charge on any atom is -0.399 e. The van der Waals surface area contributed by atoms with Crippen LogP contribution in [0.15, 0.2) is 24.3 Å². The van der Waals surface area contributed by atoms with E-state index in [0.29, 0.717) is 0 Å². The molecule has 3 N–H and O–H groups in total. The molecule has 1 aromatic rings. The summed E-state index contributed by atoms with van der Waals surface area (Å²) in [5.74, 6) is 0.0811. The zero-order chi connectivity index (χ0) is 14.0. The monoisotopic (exact) mass is 261 g/mol. The Kier molecular flexibility index (Phi) is 3.80. The molecular weight excluding hydrogens is 238 g/mol. The van der Waals surface area contributed by atoms with Crippen molar-refractivity contribution in [1.29, 1.82) is 0 Å². The number of carbonyl (C=O) groups excluding carboxylic acids is 1. The van der Waals surface area contributed by atoms with Gasteiger partial charge in [-0.15, -0.1) is 0 Å². The fraction of sp³-hybridized carbons (Fsp3) is 0.533. The number of nitrogens with one attached hydrogen (secondary N) is 1. The highest BCUT2D eigenvalue weighted by molar-refractivity contribution is 5.87. The van der Waals surface area contributed by atoms with Gasteiger partial charge in [-0.1, -0.05) is 12.1 Å². The maximum Gasteiger partial charge on any atom is 0.230 e. The van der Waals surface area contributed by atoms with Crippen LogP contribution in [0.3, 0.4) is 0 Å². The number of carbonyl (C=O) groups is 1. The highest BCUT2D eigenvalue weighted by Crippen LogP contribution is 2.25. The van der Waals surface area contributed by atoms with Gasteiger partial charge < -0.3 is 16.0 Å². The molecule has 19 heavy (non-hydrogen) atoms. The number of hydrogen-bond donors (Lipinski definition) is 2. The number of nitrogens with zero attached hydrogens (tertiary/aromatic N) is 1. The molecule has 4 nitrogen and oxygen atoms in total. The number of amides is 1. The molecule has 2 rings (SSSR count). The molecule has 1 amide bonds. The molecule has 0 saturated carbocycles. The molecule has 0 radical (unpaired) electrons. The molecule has 0 spiro atoms. The van der Waals surface area contributed by atoms with E-state index in [0.717, 1.165) is 30.8 Å². The predicted molar refractivity (Wildman–Crippen MR) is 77.9 cm³/mol. The van der Waals surface area contributed by atoms with E-state index >= 15 is 0 Å². The second-order valence-corrected chi connectivity index (χ2v) is 5.97. The Labute approximate surface area is 115 Å². The SMILES string of the molecule is CN1CCC(NC(=O)C(C)(C)c2ccc(N)cc2)C1. The van der Waals surface area contributed by atoms with Crippen molar-refractivity contribution in [3.8, 4) is 0 Å². The van der Waals surface area contributed by atoms with Crippen LogP contribution in [0.5, 0.6) is 0 Å². The maximum absolute atomic E-state index is 12.5. The van der Waals surface area contributed by atoms with Gasteiger partial charge in [-0.3, -0.25) is 4.79 Å². The van der Waals surface area contributed by atoms with Crippen LogP contribution in [0.25, 0.3) is 0 Å². The Balaban J connectivity index is 2.06. The van der Waals surface area contributed by atoms with Crippen molar-refractivity contribution < 1.29 is 4.79 Å². The average Bonchev–Trinajstić information content (AvgIpc) is 2.75. The Morgan fingerprint density at radius 2 is 2.00 bits per heavy atom. The minimum atomic E-state index is -0.533. The molecule has 0 bridgehead atoms. The van der Waals surface area contributed by atoms with Crippen molar-refractivity contribution in [3.05, 3.63) is 29.8 Å². The first-order valence-corrected chi connectivity index (χ1v) is 6.75. The fourth-order valence-corrected chi connectivity index (χ4v) is 2.45. The third kappa shape index (κ3) is 3.07. The normalized spacial score (nSPS) is 20.5. The number of likely N-dealkylation sites (N-methyl/N-ethyl adjacent to an activating group) is 1. The summed E-state index contributed by atoms with van der Waals surface area (Å²) >= 11 is 0. The largest absolute Gasteiger partial charge is 0.399 e. The van der Waals surface area contributed by atoms with E-state index in [4.69, 9.17) is 5.73 Å². The number of benzene rings is 1. The number of hydrogen-bond acceptors (Lipinski definition) is 3. The lowest BCUT2D eigenvalue weighted by molar-refractivity contribution is -0.126. The number of anilines is 1. The van der Waals surface area contributed by atoms with Gasteiger partial charge >= 0.3 is 0 Å².